The highest BCUT2D eigenvalue weighted by Gasteiger charge is 2.29. The molecule has 1 amide bonds. The summed E-state index contributed by atoms with van der Waals surface area (Å²) in [5.74, 6) is 1.08. The first-order chi connectivity index (χ1) is 14.0. The van der Waals surface area contributed by atoms with Crippen LogP contribution in [-0.2, 0) is 20.6 Å². The summed E-state index contributed by atoms with van der Waals surface area (Å²) in [6.45, 7) is 5.82. The quantitative estimate of drug-likeness (QED) is 0.514. The zero-order chi connectivity index (χ0) is 22.5. The van der Waals surface area contributed by atoms with Gasteiger partial charge in [0.15, 0.2) is 0 Å². The minimum absolute atomic E-state index is 0.338. The molecule has 2 aromatic carbocycles. The Bertz CT molecular complexity index is 993. The molecule has 0 heterocycles. The first-order valence-corrected chi connectivity index (χ1v) is 13.1. The molecular weight excluding hydrogens is 463 g/mol. The maximum Gasteiger partial charge on any atom is 0.243 e. The third kappa shape index (κ3) is 7.08. The van der Waals surface area contributed by atoms with Crippen molar-refractivity contribution in [1.82, 2.24) is 5.32 Å². The molecule has 0 aliphatic rings. The number of carbonyl (C=O) groups excluding carboxylic acids is 1. The average Bonchev–Trinajstić information content (AvgIpc) is 2.62. The number of hydrogen-bond acceptors (Lipinski definition) is 4. The Balaban J connectivity index is 1.94. The molecule has 0 bridgehead atoms. The lowest BCUT2D eigenvalue weighted by molar-refractivity contribution is -0.121. The lowest BCUT2D eigenvalue weighted by atomic mass is 10.1. The molecule has 30 heavy (non-hydrogen) atoms. The Hall–Kier alpha value is -1.41. The first kappa shape index (κ1) is 24.9. The van der Waals surface area contributed by atoms with Gasteiger partial charge in [0.05, 0.1) is 22.0 Å². The van der Waals surface area contributed by atoms with Crippen molar-refractivity contribution in [3.05, 3.63) is 63.1 Å². The number of nitrogens with zero attached hydrogens (tertiary/aromatic N) is 1. The molecule has 0 fully saturated rings. The second-order valence-electron chi connectivity index (χ2n) is 7.17. The Morgan fingerprint density at radius 3 is 2.30 bits per heavy atom. The Labute approximate surface area is 193 Å². The van der Waals surface area contributed by atoms with Crippen molar-refractivity contribution in [2.75, 3.05) is 22.9 Å². The number of nitrogens with one attached hydrogen (secondary N) is 1. The van der Waals surface area contributed by atoms with Gasteiger partial charge in [-0.25, -0.2) is 8.42 Å². The van der Waals surface area contributed by atoms with Crippen molar-refractivity contribution in [2.24, 2.45) is 0 Å². The monoisotopic (exact) mass is 488 g/mol. The number of amides is 1. The lowest BCUT2D eigenvalue weighted by Crippen LogP contribution is -2.48. The second kappa shape index (κ2) is 10.8. The topological polar surface area (TPSA) is 66.5 Å². The number of rotatable bonds is 9. The molecule has 1 N–H and O–H groups in total. The van der Waals surface area contributed by atoms with E-state index in [9.17, 15) is 13.2 Å². The Kier molecular flexibility index (Phi) is 8.91. The summed E-state index contributed by atoms with van der Waals surface area (Å²) in [4.78, 5) is 12.6. The van der Waals surface area contributed by atoms with E-state index in [1.54, 1.807) is 36.9 Å². The summed E-state index contributed by atoms with van der Waals surface area (Å²) < 4.78 is 26.0. The molecule has 2 rings (SSSR count). The fraction of sp³-hybridized carbons (Fsp3) is 0.381. The number of sulfonamides is 1. The molecule has 9 heteroatoms. The predicted molar refractivity (Wildman–Crippen MR) is 128 cm³/mol. The summed E-state index contributed by atoms with van der Waals surface area (Å²) in [5.41, 5.74) is 3.41. The number of thioether (sulfide) groups is 1. The highest BCUT2D eigenvalue weighted by atomic mass is 35.5. The van der Waals surface area contributed by atoms with Gasteiger partial charge in [0.1, 0.15) is 6.04 Å². The van der Waals surface area contributed by atoms with Crippen LogP contribution in [0.2, 0.25) is 10.0 Å². The van der Waals surface area contributed by atoms with Crippen LogP contribution in [-0.4, -0.2) is 38.9 Å². The summed E-state index contributed by atoms with van der Waals surface area (Å²) in [6.07, 6.45) is 1.11. The summed E-state index contributed by atoms with van der Waals surface area (Å²) in [7, 11) is -3.63. The van der Waals surface area contributed by atoms with Crippen molar-refractivity contribution < 1.29 is 13.2 Å². The van der Waals surface area contributed by atoms with Crippen LogP contribution >= 0.6 is 35.0 Å². The Morgan fingerprint density at radius 1 is 1.10 bits per heavy atom. The van der Waals surface area contributed by atoms with Crippen LogP contribution in [0.4, 0.5) is 5.69 Å². The number of benzene rings is 2. The fourth-order valence-electron chi connectivity index (χ4n) is 3.10. The summed E-state index contributed by atoms with van der Waals surface area (Å²) >= 11 is 13.6. The highest BCUT2D eigenvalue weighted by molar-refractivity contribution is 7.98. The van der Waals surface area contributed by atoms with Gasteiger partial charge in [-0.3, -0.25) is 9.10 Å². The predicted octanol–water partition coefficient (Wildman–Crippen LogP) is 4.81. The number of halogens is 2. The van der Waals surface area contributed by atoms with Crippen molar-refractivity contribution >= 4 is 56.6 Å². The van der Waals surface area contributed by atoms with Crippen LogP contribution in [0, 0.1) is 13.8 Å². The lowest BCUT2D eigenvalue weighted by Gasteiger charge is -2.28. The van der Waals surface area contributed by atoms with Gasteiger partial charge in [0, 0.05) is 18.1 Å². The van der Waals surface area contributed by atoms with E-state index >= 15 is 0 Å². The number of carbonyl (C=O) groups is 1. The van der Waals surface area contributed by atoms with Gasteiger partial charge in [0.2, 0.25) is 15.9 Å². The van der Waals surface area contributed by atoms with E-state index in [2.05, 4.69) is 5.32 Å². The molecule has 2 aromatic rings. The Morgan fingerprint density at radius 2 is 1.73 bits per heavy atom. The van der Waals surface area contributed by atoms with Crippen molar-refractivity contribution in [2.45, 2.75) is 32.6 Å². The molecule has 0 saturated carbocycles. The van der Waals surface area contributed by atoms with Crippen molar-refractivity contribution in [1.29, 1.82) is 0 Å². The maximum atomic E-state index is 12.6. The van der Waals surface area contributed by atoms with Gasteiger partial charge in [-0.2, -0.15) is 11.8 Å². The van der Waals surface area contributed by atoms with Gasteiger partial charge in [-0.05, 0) is 61.7 Å². The average molecular weight is 489 g/mol. The second-order valence-corrected chi connectivity index (χ2v) is 11.0. The molecule has 0 aliphatic carbocycles. The largest absolute Gasteiger partial charge is 0.353 e. The van der Waals surface area contributed by atoms with Crippen molar-refractivity contribution in [3.8, 4) is 0 Å². The van der Waals surface area contributed by atoms with Crippen LogP contribution in [0.15, 0.2) is 36.4 Å². The molecule has 0 aromatic heterocycles. The summed E-state index contributed by atoms with van der Waals surface area (Å²) in [5, 5.41) is 3.86. The zero-order valence-corrected chi connectivity index (χ0v) is 20.6. The van der Waals surface area contributed by atoms with E-state index in [0.29, 0.717) is 28.0 Å². The van der Waals surface area contributed by atoms with Crippen LogP contribution in [0.5, 0.6) is 0 Å². The van der Waals surface area contributed by atoms with Gasteiger partial charge in [-0.15, -0.1) is 0 Å². The molecule has 0 radical (unpaired) electrons. The molecular formula is C21H26Cl2N2O3S2. The van der Waals surface area contributed by atoms with Gasteiger partial charge < -0.3 is 5.32 Å². The first-order valence-electron chi connectivity index (χ1n) is 9.36. The normalized spacial score (nSPS) is 12.5. The molecule has 0 aliphatic heterocycles. The van der Waals surface area contributed by atoms with Gasteiger partial charge in [-0.1, -0.05) is 35.3 Å². The molecule has 0 spiro atoms. The molecule has 5 nitrogen and oxygen atoms in total. The van der Waals surface area contributed by atoms with E-state index in [1.807, 2.05) is 32.0 Å². The van der Waals surface area contributed by atoms with E-state index in [4.69, 9.17) is 23.2 Å². The van der Waals surface area contributed by atoms with E-state index in [0.717, 1.165) is 28.7 Å². The fourth-order valence-corrected chi connectivity index (χ4v) is 5.39. The smallest absolute Gasteiger partial charge is 0.243 e. The van der Waals surface area contributed by atoms with E-state index in [1.165, 1.54) is 4.31 Å². The van der Waals surface area contributed by atoms with Crippen molar-refractivity contribution in [3.63, 3.8) is 0 Å². The molecule has 0 saturated heterocycles. The van der Waals surface area contributed by atoms with Gasteiger partial charge >= 0.3 is 0 Å². The van der Waals surface area contributed by atoms with Crippen LogP contribution in [0.25, 0.3) is 0 Å². The zero-order valence-electron chi connectivity index (χ0n) is 17.4. The van der Waals surface area contributed by atoms with Crippen LogP contribution < -0.4 is 9.62 Å². The van der Waals surface area contributed by atoms with Crippen LogP contribution in [0.1, 0.15) is 23.6 Å². The number of aryl methyl sites for hydroxylation is 2. The van der Waals surface area contributed by atoms with Crippen LogP contribution in [0.3, 0.4) is 0 Å². The SMILES string of the molecule is Cc1cc(C)cc(N([C@H](C)C(=O)NCCSCc2ccc(Cl)c(Cl)c2)S(C)(=O)=O)c1. The maximum absolute atomic E-state index is 12.6. The molecule has 1 atom stereocenters. The third-order valence-electron chi connectivity index (χ3n) is 4.35. The van der Waals surface area contributed by atoms with Gasteiger partial charge in [0.25, 0.3) is 0 Å². The number of hydrogen-bond donors (Lipinski definition) is 1. The van der Waals surface area contributed by atoms with E-state index < -0.39 is 16.1 Å². The minimum Gasteiger partial charge on any atom is -0.353 e. The molecule has 164 valence electrons. The standard InChI is InChI=1S/C21H26Cl2N2O3S2/c1-14-9-15(2)11-18(10-14)25(30(4,27)28)16(3)21(26)24-7-8-29-13-17-5-6-19(22)20(23)12-17/h5-6,9-12,16H,7-8,13H2,1-4H3,(H,24,26)/t16-/m1/s1. The highest BCUT2D eigenvalue weighted by Crippen LogP contribution is 2.25. The third-order valence-corrected chi connectivity index (χ3v) is 7.36. The molecule has 0 unspecified atom stereocenters. The summed E-state index contributed by atoms with van der Waals surface area (Å²) in [6, 6.07) is 10.1. The van der Waals surface area contributed by atoms with E-state index in [-0.39, 0.29) is 5.91 Å². The minimum atomic E-state index is -3.63. The number of anilines is 1.